The predicted molar refractivity (Wildman–Crippen MR) is 120 cm³/mol. The molecule has 7 heteroatoms. The van der Waals surface area contributed by atoms with Gasteiger partial charge in [0.2, 0.25) is 5.91 Å². The van der Waals surface area contributed by atoms with Crippen molar-refractivity contribution >= 4 is 35.2 Å². The van der Waals surface area contributed by atoms with Gasteiger partial charge < -0.3 is 14.5 Å². The van der Waals surface area contributed by atoms with Gasteiger partial charge in [-0.25, -0.2) is 4.79 Å². The molecular weight excluding hydrogens is 412 g/mol. The van der Waals surface area contributed by atoms with Crippen LogP contribution in [0, 0.1) is 0 Å². The van der Waals surface area contributed by atoms with Crippen molar-refractivity contribution in [3.63, 3.8) is 0 Å². The minimum Gasteiger partial charge on any atom is -0.452 e. The predicted octanol–water partition coefficient (Wildman–Crippen LogP) is 3.54. The van der Waals surface area contributed by atoms with Crippen LogP contribution in [0.4, 0.5) is 5.69 Å². The first-order chi connectivity index (χ1) is 15.0. The van der Waals surface area contributed by atoms with Crippen LogP contribution in [-0.4, -0.2) is 54.2 Å². The number of hydrogen-bond acceptors (Lipinski definition) is 5. The Balaban J connectivity index is 1.37. The molecule has 1 atom stereocenters. The molecule has 1 fully saturated rings. The Hall–Kier alpha value is -2.80. The maximum absolute atomic E-state index is 12.8. The van der Waals surface area contributed by atoms with Crippen molar-refractivity contribution in [2.45, 2.75) is 37.1 Å². The first-order valence-corrected chi connectivity index (χ1v) is 11.6. The van der Waals surface area contributed by atoms with Crippen LogP contribution in [0.2, 0.25) is 0 Å². The zero-order chi connectivity index (χ0) is 21.8. The normalized spacial score (nSPS) is 17.5. The van der Waals surface area contributed by atoms with Gasteiger partial charge in [0.05, 0.1) is 11.3 Å². The molecule has 2 aliphatic heterocycles. The molecule has 31 heavy (non-hydrogen) atoms. The summed E-state index contributed by atoms with van der Waals surface area (Å²) in [5.41, 5.74) is 2.39. The molecule has 0 radical (unpaired) electrons. The lowest BCUT2D eigenvalue weighted by Gasteiger charge is -2.22. The third kappa shape index (κ3) is 4.77. The van der Waals surface area contributed by atoms with Gasteiger partial charge in [-0.15, -0.1) is 11.8 Å². The van der Waals surface area contributed by atoms with Gasteiger partial charge in [-0.1, -0.05) is 30.3 Å². The van der Waals surface area contributed by atoms with Gasteiger partial charge in [0.15, 0.2) is 6.61 Å². The van der Waals surface area contributed by atoms with Gasteiger partial charge in [0.25, 0.3) is 5.91 Å². The van der Waals surface area contributed by atoms with E-state index in [1.165, 1.54) is 11.8 Å². The highest BCUT2D eigenvalue weighted by Gasteiger charge is 2.31. The van der Waals surface area contributed by atoms with Crippen molar-refractivity contribution in [1.82, 2.24) is 4.90 Å². The molecule has 0 spiro atoms. The largest absolute Gasteiger partial charge is 0.452 e. The summed E-state index contributed by atoms with van der Waals surface area (Å²) >= 11 is 1.33. The number of nitrogens with zero attached hydrogens (tertiary/aromatic N) is 2. The number of fused-ring (bicyclic) bond motifs is 1. The number of para-hydroxylation sites is 1. The van der Waals surface area contributed by atoms with Crippen LogP contribution in [0.5, 0.6) is 0 Å². The topological polar surface area (TPSA) is 66.9 Å². The van der Waals surface area contributed by atoms with Gasteiger partial charge in [-0.05, 0) is 49.9 Å². The number of esters is 1. The van der Waals surface area contributed by atoms with E-state index in [-0.39, 0.29) is 30.2 Å². The van der Waals surface area contributed by atoms with Crippen molar-refractivity contribution in [2.75, 3.05) is 30.3 Å². The Morgan fingerprint density at radius 3 is 2.52 bits per heavy atom. The Morgan fingerprint density at radius 2 is 1.71 bits per heavy atom. The van der Waals surface area contributed by atoms with Crippen molar-refractivity contribution in [2.24, 2.45) is 0 Å². The van der Waals surface area contributed by atoms with Gasteiger partial charge in [-0.3, -0.25) is 9.59 Å². The van der Waals surface area contributed by atoms with E-state index in [2.05, 4.69) is 0 Å². The second kappa shape index (κ2) is 9.56. The first-order valence-electron chi connectivity index (χ1n) is 10.6. The van der Waals surface area contributed by atoms with Gasteiger partial charge in [0.1, 0.15) is 0 Å². The second-order valence-electron chi connectivity index (χ2n) is 7.89. The van der Waals surface area contributed by atoms with E-state index in [0.29, 0.717) is 10.5 Å². The summed E-state index contributed by atoms with van der Waals surface area (Å²) in [6.45, 7) is 3.29. The molecule has 0 N–H and O–H groups in total. The van der Waals surface area contributed by atoms with Crippen LogP contribution in [0.15, 0.2) is 53.4 Å². The molecule has 1 saturated heterocycles. The fourth-order valence-electron chi connectivity index (χ4n) is 4.18. The monoisotopic (exact) mass is 438 g/mol. The highest BCUT2D eigenvalue weighted by Crippen LogP contribution is 2.32. The van der Waals surface area contributed by atoms with Gasteiger partial charge in [-0.2, -0.15) is 0 Å². The van der Waals surface area contributed by atoms with E-state index in [4.69, 9.17) is 4.74 Å². The van der Waals surface area contributed by atoms with Gasteiger partial charge in [0, 0.05) is 29.7 Å². The van der Waals surface area contributed by atoms with Crippen molar-refractivity contribution in [3.05, 3.63) is 59.7 Å². The third-order valence-electron chi connectivity index (χ3n) is 5.72. The van der Waals surface area contributed by atoms with Crippen LogP contribution < -0.4 is 4.90 Å². The molecular formula is C24H26N2O4S. The van der Waals surface area contributed by atoms with E-state index < -0.39 is 5.97 Å². The zero-order valence-electron chi connectivity index (χ0n) is 17.6. The number of anilines is 1. The van der Waals surface area contributed by atoms with Crippen LogP contribution in [-0.2, 0) is 20.7 Å². The summed E-state index contributed by atoms with van der Waals surface area (Å²) in [4.78, 5) is 42.1. The number of thioether (sulfide) groups is 1. The van der Waals surface area contributed by atoms with E-state index in [1.54, 1.807) is 23.1 Å². The van der Waals surface area contributed by atoms with Crippen molar-refractivity contribution in [3.8, 4) is 0 Å². The number of likely N-dealkylation sites (tertiary alicyclic amines) is 1. The van der Waals surface area contributed by atoms with E-state index in [1.807, 2.05) is 42.2 Å². The molecule has 2 aromatic rings. The van der Waals surface area contributed by atoms with Crippen LogP contribution in [0.25, 0.3) is 0 Å². The fraction of sp³-hybridized carbons (Fsp3) is 0.375. The average molecular weight is 439 g/mol. The lowest BCUT2D eigenvalue weighted by molar-refractivity contribution is -0.127. The highest BCUT2D eigenvalue weighted by molar-refractivity contribution is 8.00. The lowest BCUT2D eigenvalue weighted by Crippen LogP contribution is -2.38. The molecule has 2 heterocycles. The standard InChI is InChI=1S/C24H26N2O4S/c1-17-14-18-8-2-4-10-20(18)26(17)22(27)15-30-24(29)19-9-3-5-11-21(19)31-16-23(28)25-12-6-7-13-25/h2-5,8-11,17H,6-7,12-16H2,1H3/t17-/m1/s1. The summed E-state index contributed by atoms with van der Waals surface area (Å²) in [7, 11) is 0. The number of benzene rings is 2. The molecule has 0 bridgehead atoms. The zero-order valence-corrected chi connectivity index (χ0v) is 18.4. The van der Waals surface area contributed by atoms with Crippen molar-refractivity contribution in [1.29, 1.82) is 0 Å². The maximum Gasteiger partial charge on any atom is 0.339 e. The van der Waals surface area contributed by atoms with Crippen LogP contribution in [0.1, 0.15) is 35.7 Å². The Kier molecular flexibility index (Phi) is 6.61. The molecule has 2 aromatic carbocycles. The smallest absolute Gasteiger partial charge is 0.339 e. The minimum atomic E-state index is -0.551. The number of carbonyl (C=O) groups is 3. The lowest BCUT2D eigenvalue weighted by atomic mass is 10.1. The van der Waals surface area contributed by atoms with E-state index >= 15 is 0 Å². The highest BCUT2D eigenvalue weighted by atomic mass is 32.2. The number of carbonyl (C=O) groups excluding carboxylic acids is 3. The molecule has 0 saturated carbocycles. The third-order valence-corrected chi connectivity index (χ3v) is 6.78. The number of rotatable bonds is 6. The number of amides is 2. The van der Waals surface area contributed by atoms with Crippen molar-refractivity contribution < 1.29 is 19.1 Å². The molecule has 6 nitrogen and oxygen atoms in total. The SMILES string of the molecule is C[C@@H]1Cc2ccccc2N1C(=O)COC(=O)c1ccccc1SCC(=O)N1CCCC1. The molecule has 4 rings (SSSR count). The molecule has 2 amide bonds. The summed E-state index contributed by atoms with van der Waals surface area (Å²) < 4.78 is 5.37. The van der Waals surface area contributed by atoms with E-state index in [9.17, 15) is 14.4 Å². The maximum atomic E-state index is 12.8. The Morgan fingerprint density at radius 1 is 1.00 bits per heavy atom. The molecule has 0 aliphatic carbocycles. The van der Waals surface area contributed by atoms with Crippen LogP contribution >= 0.6 is 11.8 Å². The van der Waals surface area contributed by atoms with Gasteiger partial charge >= 0.3 is 5.97 Å². The average Bonchev–Trinajstić information content (AvgIpc) is 3.43. The molecule has 2 aliphatic rings. The fourth-order valence-corrected chi connectivity index (χ4v) is 5.12. The summed E-state index contributed by atoms with van der Waals surface area (Å²) in [5.74, 6) is -0.418. The van der Waals surface area contributed by atoms with Crippen LogP contribution in [0.3, 0.4) is 0 Å². The quantitative estimate of drug-likeness (QED) is 0.510. The number of ether oxygens (including phenoxy) is 1. The summed E-state index contributed by atoms with van der Waals surface area (Å²) in [6, 6.07) is 14.9. The Labute approximate surface area is 186 Å². The second-order valence-corrected chi connectivity index (χ2v) is 8.91. The summed E-state index contributed by atoms with van der Waals surface area (Å²) in [5, 5.41) is 0. The first kappa shape index (κ1) is 21.4. The number of hydrogen-bond donors (Lipinski definition) is 0. The summed E-state index contributed by atoms with van der Waals surface area (Å²) in [6.07, 6.45) is 2.89. The minimum absolute atomic E-state index is 0.0306. The Bertz CT molecular complexity index is 987. The molecule has 162 valence electrons. The molecule has 0 aromatic heterocycles. The van der Waals surface area contributed by atoms with E-state index in [0.717, 1.165) is 43.6 Å². The molecule has 0 unspecified atom stereocenters.